The summed E-state index contributed by atoms with van der Waals surface area (Å²) in [4.78, 5) is 4.47. The zero-order chi connectivity index (χ0) is 14.0. The first-order valence-electron chi connectivity index (χ1n) is 6.02. The molecule has 0 fully saturated rings. The van der Waals surface area contributed by atoms with Crippen molar-refractivity contribution in [3.63, 3.8) is 0 Å². The van der Waals surface area contributed by atoms with Crippen LogP contribution in [0, 0.1) is 11.3 Å². The summed E-state index contributed by atoms with van der Waals surface area (Å²) in [7, 11) is 1.68. The summed E-state index contributed by atoms with van der Waals surface area (Å²) >= 11 is 5.96. The number of rotatable bonds is 4. The van der Waals surface area contributed by atoms with E-state index in [0.29, 0.717) is 23.5 Å². The molecule has 5 heteroatoms. The molecule has 2 aromatic rings. The fourth-order valence-electron chi connectivity index (χ4n) is 2.01. The van der Waals surface area contributed by atoms with Crippen molar-refractivity contribution < 1.29 is 4.74 Å². The van der Waals surface area contributed by atoms with Crippen LogP contribution in [0.15, 0.2) is 18.2 Å². The van der Waals surface area contributed by atoms with Gasteiger partial charge in [0.2, 0.25) is 0 Å². The molecule has 0 saturated carbocycles. The first kappa shape index (κ1) is 13.9. The summed E-state index contributed by atoms with van der Waals surface area (Å²) in [5.74, 6) is 1.06. The number of para-hydroxylation sites is 1. The molecular weight excluding hydrogens is 262 g/mol. The average molecular weight is 278 g/mol. The maximum absolute atomic E-state index is 9.13. The van der Waals surface area contributed by atoms with Gasteiger partial charge in [0, 0.05) is 7.11 Å². The van der Waals surface area contributed by atoms with Crippen molar-refractivity contribution in [3.05, 3.63) is 29.6 Å². The zero-order valence-electron chi connectivity index (χ0n) is 11.3. The van der Waals surface area contributed by atoms with Gasteiger partial charge in [-0.05, 0) is 26.0 Å². The number of fused-ring (bicyclic) bond motifs is 1. The summed E-state index contributed by atoms with van der Waals surface area (Å²) in [6, 6.07) is 7.73. The van der Waals surface area contributed by atoms with E-state index in [-0.39, 0.29) is 5.60 Å². The molecule has 0 unspecified atom stereocenters. The number of nitrogens with zero attached hydrogens (tertiary/aromatic N) is 3. The Bertz CT molecular complexity index is 640. The number of alkyl halides is 1. The minimum absolute atomic E-state index is 0.305. The van der Waals surface area contributed by atoms with Crippen molar-refractivity contribution in [2.75, 3.05) is 7.11 Å². The Kier molecular flexibility index (Phi) is 3.79. The standard InChI is InChI=1S/C14H16ClN3O/c1-14(2,19-3)9-18-11-6-4-5-10(8-16)13(11)17-12(18)7-15/h4-6H,7,9H2,1-3H3. The van der Waals surface area contributed by atoms with Crippen LogP contribution in [0.1, 0.15) is 25.2 Å². The zero-order valence-corrected chi connectivity index (χ0v) is 12.0. The third-order valence-electron chi connectivity index (χ3n) is 3.19. The van der Waals surface area contributed by atoms with E-state index < -0.39 is 0 Å². The maximum Gasteiger partial charge on any atom is 0.125 e. The van der Waals surface area contributed by atoms with Crippen LogP contribution >= 0.6 is 11.6 Å². The second kappa shape index (κ2) is 5.20. The summed E-state index contributed by atoms with van der Waals surface area (Å²) in [5.41, 5.74) is 1.86. The van der Waals surface area contributed by atoms with E-state index in [4.69, 9.17) is 21.6 Å². The number of nitriles is 1. The van der Waals surface area contributed by atoms with Gasteiger partial charge < -0.3 is 9.30 Å². The molecular formula is C14H16ClN3O. The highest BCUT2D eigenvalue weighted by Gasteiger charge is 2.21. The summed E-state index contributed by atoms with van der Waals surface area (Å²) in [6.45, 7) is 4.65. The Labute approximate surface area is 117 Å². The van der Waals surface area contributed by atoms with Gasteiger partial charge in [0.1, 0.15) is 17.4 Å². The number of imidazole rings is 1. The van der Waals surface area contributed by atoms with E-state index in [1.165, 1.54) is 0 Å². The first-order valence-corrected chi connectivity index (χ1v) is 6.55. The SMILES string of the molecule is COC(C)(C)Cn1c(CCl)nc2c(C#N)cccc21. The molecule has 100 valence electrons. The van der Waals surface area contributed by atoms with Gasteiger partial charge in [-0.3, -0.25) is 0 Å². The number of ether oxygens (including phenoxy) is 1. The van der Waals surface area contributed by atoms with Crippen LogP contribution in [0.3, 0.4) is 0 Å². The van der Waals surface area contributed by atoms with Crippen molar-refractivity contribution >= 4 is 22.6 Å². The molecule has 0 bridgehead atoms. The Morgan fingerprint density at radius 2 is 2.21 bits per heavy atom. The number of hydrogen-bond acceptors (Lipinski definition) is 3. The van der Waals surface area contributed by atoms with E-state index in [2.05, 4.69) is 11.1 Å². The molecule has 0 radical (unpaired) electrons. The molecule has 0 aliphatic rings. The van der Waals surface area contributed by atoms with Crippen molar-refractivity contribution in [2.45, 2.75) is 31.9 Å². The third-order valence-corrected chi connectivity index (χ3v) is 3.43. The summed E-state index contributed by atoms with van der Waals surface area (Å²) < 4.78 is 7.48. The molecule has 0 aliphatic heterocycles. The number of hydrogen-bond donors (Lipinski definition) is 0. The number of benzene rings is 1. The Morgan fingerprint density at radius 1 is 1.47 bits per heavy atom. The molecule has 0 spiro atoms. The van der Waals surface area contributed by atoms with Crippen LogP contribution in [0.25, 0.3) is 11.0 Å². The molecule has 19 heavy (non-hydrogen) atoms. The monoisotopic (exact) mass is 277 g/mol. The predicted molar refractivity (Wildman–Crippen MR) is 75.1 cm³/mol. The minimum atomic E-state index is -0.322. The lowest BCUT2D eigenvalue weighted by Crippen LogP contribution is -2.29. The van der Waals surface area contributed by atoms with E-state index in [9.17, 15) is 0 Å². The highest BCUT2D eigenvalue weighted by molar-refractivity contribution is 6.16. The maximum atomic E-state index is 9.13. The van der Waals surface area contributed by atoms with Gasteiger partial charge in [0.15, 0.2) is 0 Å². The van der Waals surface area contributed by atoms with Crippen LogP contribution in [0.5, 0.6) is 0 Å². The third kappa shape index (κ3) is 2.58. The molecule has 0 aliphatic carbocycles. The lowest BCUT2D eigenvalue weighted by atomic mass is 10.1. The average Bonchev–Trinajstić information content (AvgIpc) is 2.76. The van der Waals surface area contributed by atoms with Gasteiger partial charge in [0.05, 0.1) is 29.1 Å². The fraction of sp³-hybridized carbons (Fsp3) is 0.429. The minimum Gasteiger partial charge on any atom is -0.377 e. The smallest absolute Gasteiger partial charge is 0.125 e. The highest BCUT2D eigenvalue weighted by Crippen LogP contribution is 2.23. The molecule has 0 atom stereocenters. The molecule has 1 aromatic heterocycles. The van der Waals surface area contributed by atoms with Gasteiger partial charge >= 0.3 is 0 Å². The van der Waals surface area contributed by atoms with Crippen LogP contribution in [-0.4, -0.2) is 22.3 Å². The lowest BCUT2D eigenvalue weighted by molar-refractivity contribution is 0.00854. The van der Waals surface area contributed by atoms with E-state index in [0.717, 1.165) is 11.3 Å². The van der Waals surface area contributed by atoms with Crippen molar-refractivity contribution in [3.8, 4) is 6.07 Å². The van der Waals surface area contributed by atoms with Crippen LogP contribution in [0.2, 0.25) is 0 Å². The normalized spacial score (nSPS) is 11.7. The van der Waals surface area contributed by atoms with Gasteiger partial charge in [-0.2, -0.15) is 5.26 Å². The van der Waals surface area contributed by atoms with Gasteiger partial charge in [-0.15, -0.1) is 11.6 Å². The second-order valence-corrected chi connectivity index (χ2v) is 5.26. The lowest BCUT2D eigenvalue weighted by Gasteiger charge is -2.24. The second-order valence-electron chi connectivity index (χ2n) is 5.00. The van der Waals surface area contributed by atoms with Crippen LogP contribution in [0.4, 0.5) is 0 Å². The highest BCUT2D eigenvalue weighted by atomic mass is 35.5. The topological polar surface area (TPSA) is 50.8 Å². The molecule has 0 N–H and O–H groups in total. The molecule has 1 aromatic carbocycles. The van der Waals surface area contributed by atoms with E-state index in [1.54, 1.807) is 13.2 Å². The largest absolute Gasteiger partial charge is 0.377 e. The molecule has 4 nitrogen and oxygen atoms in total. The molecule has 2 rings (SSSR count). The van der Waals surface area contributed by atoms with Gasteiger partial charge in [-0.1, -0.05) is 6.07 Å². The molecule has 0 amide bonds. The molecule has 1 heterocycles. The van der Waals surface area contributed by atoms with Crippen molar-refractivity contribution in [1.29, 1.82) is 5.26 Å². The Morgan fingerprint density at radius 3 is 2.79 bits per heavy atom. The number of halogens is 1. The van der Waals surface area contributed by atoms with Crippen LogP contribution < -0.4 is 0 Å². The summed E-state index contributed by atoms with van der Waals surface area (Å²) in [6.07, 6.45) is 0. The van der Waals surface area contributed by atoms with Crippen molar-refractivity contribution in [1.82, 2.24) is 9.55 Å². The Hall–Kier alpha value is -1.57. The van der Waals surface area contributed by atoms with Gasteiger partial charge in [0.25, 0.3) is 0 Å². The first-order chi connectivity index (χ1) is 9.02. The Balaban J connectivity index is 2.63. The van der Waals surface area contributed by atoms with Crippen molar-refractivity contribution in [2.24, 2.45) is 0 Å². The molecule has 0 saturated heterocycles. The number of methoxy groups -OCH3 is 1. The quantitative estimate of drug-likeness (QED) is 0.807. The fourth-order valence-corrected chi connectivity index (χ4v) is 2.21. The van der Waals surface area contributed by atoms with E-state index in [1.807, 2.05) is 30.5 Å². The predicted octanol–water partition coefficient (Wildman–Crippen LogP) is 3.07. The van der Waals surface area contributed by atoms with Gasteiger partial charge in [-0.25, -0.2) is 4.98 Å². The van der Waals surface area contributed by atoms with Crippen LogP contribution in [-0.2, 0) is 17.2 Å². The number of aromatic nitrogens is 2. The summed E-state index contributed by atoms with van der Waals surface area (Å²) in [5, 5.41) is 9.13. The van der Waals surface area contributed by atoms with E-state index >= 15 is 0 Å².